The summed E-state index contributed by atoms with van der Waals surface area (Å²) in [5.74, 6) is -0.831. The number of rotatable bonds is 9. The molecule has 1 atom stereocenters. The van der Waals surface area contributed by atoms with Gasteiger partial charge in [0.2, 0.25) is 5.91 Å². The summed E-state index contributed by atoms with van der Waals surface area (Å²) in [4.78, 5) is 29.3. The molecule has 0 saturated carbocycles. The number of imidazole rings is 1. The van der Waals surface area contributed by atoms with E-state index in [1.807, 2.05) is 60.7 Å². The van der Waals surface area contributed by atoms with Crippen LogP contribution in [0.1, 0.15) is 16.7 Å². The molecular formula is C27H25FN4O3. The Balaban J connectivity index is 1.39. The SMILES string of the molecule is O=C(N[C@@H](Cc1ccccc1)C(=O)NCc1ccc(-n2ccnc2)c(F)c1)OCc1ccccc1. The fraction of sp³-hybridized carbons (Fsp3) is 0.148. The maximum Gasteiger partial charge on any atom is 0.408 e. The van der Waals surface area contributed by atoms with Gasteiger partial charge in [-0.2, -0.15) is 0 Å². The second-order valence-electron chi connectivity index (χ2n) is 7.92. The van der Waals surface area contributed by atoms with Crippen LogP contribution in [0.3, 0.4) is 0 Å². The number of hydrogen-bond donors (Lipinski definition) is 2. The van der Waals surface area contributed by atoms with Gasteiger partial charge < -0.3 is 19.9 Å². The summed E-state index contributed by atoms with van der Waals surface area (Å²) in [6, 6.07) is 22.5. The van der Waals surface area contributed by atoms with Crippen molar-refractivity contribution in [2.45, 2.75) is 25.6 Å². The summed E-state index contributed by atoms with van der Waals surface area (Å²) in [6.45, 7) is 0.195. The molecule has 0 bridgehead atoms. The van der Waals surface area contributed by atoms with Crippen LogP contribution in [-0.2, 0) is 29.1 Å². The second kappa shape index (κ2) is 11.6. The molecule has 1 heterocycles. The Morgan fingerprint density at radius 1 is 0.943 bits per heavy atom. The zero-order valence-electron chi connectivity index (χ0n) is 18.9. The minimum absolute atomic E-state index is 0.0922. The van der Waals surface area contributed by atoms with Gasteiger partial charge in [0.25, 0.3) is 0 Å². The lowest BCUT2D eigenvalue weighted by Crippen LogP contribution is -2.48. The van der Waals surface area contributed by atoms with Crippen LogP contribution in [0.15, 0.2) is 97.6 Å². The van der Waals surface area contributed by atoms with Crippen LogP contribution in [0.4, 0.5) is 9.18 Å². The lowest BCUT2D eigenvalue weighted by Gasteiger charge is -2.19. The molecule has 0 aliphatic heterocycles. The Bertz CT molecular complexity index is 1250. The van der Waals surface area contributed by atoms with Crippen molar-refractivity contribution < 1.29 is 18.7 Å². The van der Waals surface area contributed by atoms with Gasteiger partial charge >= 0.3 is 6.09 Å². The summed E-state index contributed by atoms with van der Waals surface area (Å²) < 4.78 is 21.4. The highest BCUT2D eigenvalue weighted by molar-refractivity contribution is 5.85. The third-order valence-corrected chi connectivity index (χ3v) is 5.37. The van der Waals surface area contributed by atoms with E-state index in [1.54, 1.807) is 29.1 Å². The van der Waals surface area contributed by atoms with E-state index in [2.05, 4.69) is 15.6 Å². The number of hydrogen-bond acceptors (Lipinski definition) is 4. The lowest BCUT2D eigenvalue weighted by molar-refractivity contribution is -0.123. The molecule has 0 saturated heterocycles. The Morgan fingerprint density at radius 2 is 1.66 bits per heavy atom. The Hall–Kier alpha value is -4.46. The Kier molecular flexibility index (Phi) is 7.85. The molecule has 0 unspecified atom stereocenters. The number of nitrogens with one attached hydrogen (secondary N) is 2. The van der Waals surface area contributed by atoms with Crippen molar-refractivity contribution in [3.63, 3.8) is 0 Å². The van der Waals surface area contributed by atoms with Crippen molar-refractivity contribution >= 4 is 12.0 Å². The van der Waals surface area contributed by atoms with E-state index < -0.39 is 23.9 Å². The molecule has 3 aromatic carbocycles. The molecule has 0 fully saturated rings. The standard InChI is InChI=1S/C27H25FN4O3/c28-23-15-22(11-12-25(23)32-14-13-29-19-32)17-30-26(33)24(16-20-7-3-1-4-8-20)31-27(34)35-18-21-9-5-2-6-10-21/h1-15,19,24H,16-18H2,(H,30,33)(H,31,34)/t24-/m0/s1. The van der Waals surface area contributed by atoms with Crippen LogP contribution in [0.25, 0.3) is 5.69 Å². The molecule has 0 aliphatic carbocycles. The fourth-order valence-corrected chi connectivity index (χ4v) is 3.55. The number of aromatic nitrogens is 2. The van der Waals surface area contributed by atoms with Crippen molar-refractivity contribution in [1.29, 1.82) is 0 Å². The quantitative estimate of drug-likeness (QED) is 0.383. The van der Waals surface area contributed by atoms with Gasteiger partial charge in [0.1, 0.15) is 18.5 Å². The maximum absolute atomic E-state index is 14.5. The smallest absolute Gasteiger partial charge is 0.408 e. The number of carbonyl (C=O) groups excluding carboxylic acids is 2. The minimum atomic E-state index is -0.865. The van der Waals surface area contributed by atoms with E-state index in [0.29, 0.717) is 11.3 Å². The topological polar surface area (TPSA) is 85.3 Å². The molecule has 0 spiro atoms. The average Bonchev–Trinajstić information content (AvgIpc) is 3.42. The zero-order chi connectivity index (χ0) is 24.5. The molecule has 2 N–H and O–H groups in total. The number of benzene rings is 3. The van der Waals surface area contributed by atoms with Gasteiger partial charge in [-0.3, -0.25) is 4.79 Å². The van der Waals surface area contributed by atoms with Gasteiger partial charge in [0.15, 0.2) is 0 Å². The average molecular weight is 473 g/mol. The van der Waals surface area contributed by atoms with Crippen LogP contribution < -0.4 is 10.6 Å². The summed E-state index contributed by atoms with van der Waals surface area (Å²) in [7, 11) is 0. The first-order chi connectivity index (χ1) is 17.1. The molecule has 178 valence electrons. The van der Waals surface area contributed by atoms with Crippen LogP contribution in [0, 0.1) is 5.82 Å². The minimum Gasteiger partial charge on any atom is -0.445 e. The predicted octanol–water partition coefficient (Wildman–Crippen LogP) is 4.17. The number of halogens is 1. The highest BCUT2D eigenvalue weighted by atomic mass is 19.1. The molecular weight excluding hydrogens is 447 g/mol. The van der Waals surface area contributed by atoms with Crippen LogP contribution in [-0.4, -0.2) is 27.6 Å². The zero-order valence-corrected chi connectivity index (χ0v) is 18.9. The van der Waals surface area contributed by atoms with E-state index in [9.17, 15) is 14.0 Å². The highest BCUT2D eigenvalue weighted by Crippen LogP contribution is 2.15. The van der Waals surface area contributed by atoms with Gasteiger partial charge in [-0.15, -0.1) is 0 Å². The molecule has 0 radical (unpaired) electrons. The molecule has 4 aromatic rings. The van der Waals surface area contributed by atoms with Crippen LogP contribution in [0.5, 0.6) is 0 Å². The van der Waals surface area contributed by atoms with Crippen LogP contribution in [0.2, 0.25) is 0 Å². The van der Waals surface area contributed by atoms with E-state index >= 15 is 0 Å². The van der Waals surface area contributed by atoms with E-state index in [1.165, 1.54) is 12.4 Å². The second-order valence-corrected chi connectivity index (χ2v) is 7.92. The van der Waals surface area contributed by atoms with Crippen molar-refractivity contribution in [2.24, 2.45) is 0 Å². The lowest BCUT2D eigenvalue weighted by atomic mass is 10.1. The molecule has 8 heteroatoms. The number of nitrogens with zero attached hydrogens (tertiary/aromatic N) is 2. The third-order valence-electron chi connectivity index (χ3n) is 5.37. The summed E-state index contributed by atoms with van der Waals surface area (Å²) in [6.07, 6.45) is 4.31. The van der Waals surface area contributed by atoms with Gasteiger partial charge in [-0.05, 0) is 28.8 Å². The van der Waals surface area contributed by atoms with Gasteiger partial charge in [0.05, 0.1) is 12.0 Å². The summed E-state index contributed by atoms with van der Waals surface area (Å²) >= 11 is 0. The summed E-state index contributed by atoms with van der Waals surface area (Å²) in [5.41, 5.74) is 2.67. The first-order valence-electron chi connectivity index (χ1n) is 11.1. The Morgan fingerprint density at radius 3 is 2.31 bits per heavy atom. The molecule has 2 amide bonds. The van der Waals surface area contributed by atoms with Gasteiger partial charge in [-0.25, -0.2) is 14.2 Å². The molecule has 0 aliphatic rings. The first-order valence-corrected chi connectivity index (χ1v) is 11.1. The first kappa shape index (κ1) is 23.7. The molecule has 35 heavy (non-hydrogen) atoms. The van der Waals surface area contributed by atoms with Crippen molar-refractivity contribution in [2.75, 3.05) is 0 Å². The Labute approximate surface area is 202 Å². The van der Waals surface area contributed by atoms with E-state index in [0.717, 1.165) is 11.1 Å². The molecule has 4 rings (SSSR count). The largest absolute Gasteiger partial charge is 0.445 e. The van der Waals surface area contributed by atoms with E-state index in [-0.39, 0.29) is 19.6 Å². The number of alkyl carbamates (subject to hydrolysis) is 1. The van der Waals surface area contributed by atoms with Crippen molar-refractivity contribution in [3.8, 4) is 5.69 Å². The maximum atomic E-state index is 14.5. The van der Waals surface area contributed by atoms with Crippen molar-refractivity contribution in [3.05, 3.63) is 120 Å². The van der Waals surface area contributed by atoms with E-state index in [4.69, 9.17) is 4.74 Å². The van der Waals surface area contributed by atoms with Gasteiger partial charge in [0, 0.05) is 25.4 Å². The predicted molar refractivity (Wildman–Crippen MR) is 129 cm³/mol. The normalized spacial score (nSPS) is 11.5. The van der Waals surface area contributed by atoms with Gasteiger partial charge in [-0.1, -0.05) is 66.7 Å². The third kappa shape index (κ3) is 6.77. The van der Waals surface area contributed by atoms with Crippen molar-refractivity contribution in [1.82, 2.24) is 20.2 Å². The number of carbonyl (C=O) groups is 2. The fourth-order valence-electron chi connectivity index (χ4n) is 3.55. The monoisotopic (exact) mass is 472 g/mol. The summed E-state index contributed by atoms with van der Waals surface area (Å²) in [5, 5.41) is 5.44. The number of amides is 2. The highest BCUT2D eigenvalue weighted by Gasteiger charge is 2.22. The molecule has 1 aromatic heterocycles. The van der Waals surface area contributed by atoms with Crippen LogP contribution >= 0.6 is 0 Å². The number of ether oxygens (including phenoxy) is 1. The molecule has 7 nitrogen and oxygen atoms in total.